The predicted octanol–water partition coefficient (Wildman–Crippen LogP) is 3.61. The van der Waals surface area contributed by atoms with Crippen molar-refractivity contribution in [1.29, 1.82) is 0 Å². The molecule has 2 unspecified atom stereocenters. The third-order valence-electron chi connectivity index (χ3n) is 4.71. The zero-order valence-electron chi connectivity index (χ0n) is 11.9. The normalized spacial score (nSPS) is 22.6. The minimum atomic E-state index is -0.683. The second kappa shape index (κ2) is 5.80. The second-order valence-electron chi connectivity index (χ2n) is 5.80. The van der Waals surface area contributed by atoms with Crippen molar-refractivity contribution >= 4 is 11.6 Å². The molecule has 0 amide bonds. The number of aryl methyl sites for hydroxylation is 1. The van der Waals surface area contributed by atoms with Crippen LogP contribution in [0.4, 0.5) is 0 Å². The molecule has 1 aliphatic carbocycles. The number of rotatable bonds is 3. The molecule has 3 N–H and O–H groups in total. The van der Waals surface area contributed by atoms with E-state index in [2.05, 4.69) is 12.1 Å². The molecule has 0 aliphatic heterocycles. The molecule has 3 heteroatoms. The van der Waals surface area contributed by atoms with Crippen LogP contribution in [0.3, 0.4) is 0 Å². The van der Waals surface area contributed by atoms with Crippen LogP contribution in [0, 0.1) is 0 Å². The lowest BCUT2D eigenvalue weighted by molar-refractivity contribution is 0.0719. The van der Waals surface area contributed by atoms with Gasteiger partial charge in [0.2, 0.25) is 0 Å². The first-order valence-corrected chi connectivity index (χ1v) is 7.78. The van der Waals surface area contributed by atoms with Gasteiger partial charge in [0.05, 0.1) is 6.10 Å². The van der Waals surface area contributed by atoms with Gasteiger partial charge in [-0.2, -0.15) is 0 Å². The Morgan fingerprint density at radius 1 is 1.14 bits per heavy atom. The Morgan fingerprint density at radius 2 is 1.86 bits per heavy atom. The van der Waals surface area contributed by atoms with Crippen LogP contribution in [0.15, 0.2) is 48.5 Å². The molecular weight excluding hydrogens is 282 g/mol. The monoisotopic (exact) mass is 301 g/mol. The van der Waals surface area contributed by atoms with E-state index in [0.717, 1.165) is 24.8 Å². The van der Waals surface area contributed by atoms with Crippen molar-refractivity contribution in [3.63, 3.8) is 0 Å². The van der Waals surface area contributed by atoms with Crippen molar-refractivity contribution in [3.05, 3.63) is 70.2 Å². The summed E-state index contributed by atoms with van der Waals surface area (Å²) in [6, 6.07) is 15.8. The molecule has 2 aromatic carbocycles. The average molecular weight is 302 g/mol. The lowest BCUT2D eigenvalue weighted by atomic mass is 9.65. The van der Waals surface area contributed by atoms with Crippen molar-refractivity contribution in [1.82, 2.24) is 0 Å². The second-order valence-corrected chi connectivity index (χ2v) is 6.20. The van der Waals surface area contributed by atoms with Gasteiger partial charge in [-0.15, -0.1) is 0 Å². The van der Waals surface area contributed by atoms with Crippen LogP contribution in [-0.4, -0.2) is 11.7 Å². The highest BCUT2D eigenvalue weighted by atomic mass is 35.5. The van der Waals surface area contributed by atoms with E-state index < -0.39 is 11.5 Å². The van der Waals surface area contributed by atoms with E-state index in [0.29, 0.717) is 11.6 Å². The van der Waals surface area contributed by atoms with Crippen LogP contribution < -0.4 is 5.73 Å². The minimum absolute atomic E-state index is 0.413. The van der Waals surface area contributed by atoms with E-state index in [-0.39, 0.29) is 0 Å². The fraction of sp³-hybridized carbons (Fsp3) is 0.333. The lowest BCUT2D eigenvalue weighted by Crippen LogP contribution is -2.43. The molecule has 0 aromatic heterocycles. The average Bonchev–Trinajstić information content (AvgIpc) is 2.54. The van der Waals surface area contributed by atoms with Gasteiger partial charge in [0.1, 0.15) is 0 Å². The van der Waals surface area contributed by atoms with Gasteiger partial charge in [-0.05, 0) is 36.5 Å². The first kappa shape index (κ1) is 14.6. The van der Waals surface area contributed by atoms with Gasteiger partial charge >= 0.3 is 0 Å². The summed E-state index contributed by atoms with van der Waals surface area (Å²) in [7, 11) is 0. The third-order valence-corrected chi connectivity index (χ3v) is 5.05. The Morgan fingerprint density at radius 3 is 2.62 bits per heavy atom. The van der Waals surface area contributed by atoms with Crippen LogP contribution in [0.25, 0.3) is 0 Å². The highest BCUT2D eigenvalue weighted by Crippen LogP contribution is 2.46. The van der Waals surface area contributed by atoms with E-state index in [1.807, 2.05) is 36.4 Å². The quantitative estimate of drug-likeness (QED) is 0.910. The number of aliphatic hydroxyl groups excluding tert-OH is 1. The van der Waals surface area contributed by atoms with Crippen LogP contribution in [-0.2, 0) is 11.8 Å². The van der Waals surface area contributed by atoms with Crippen LogP contribution in [0.2, 0.25) is 5.02 Å². The maximum atomic E-state index is 11.1. The fourth-order valence-corrected chi connectivity index (χ4v) is 3.79. The summed E-state index contributed by atoms with van der Waals surface area (Å²) in [4.78, 5) is 0. The number of hydrogen-bond acceptors (Lipinski definition) is 2. The van der Waals surface area contributed by atoms with E-state index in [1.165, 1.54) is 11.1 Å². The molecule has 0 bridgehead atoms. The van der Waals surface area contributed by atoms with E-state index in [9.17, 15) is 5.11 Å². The largest absolute Gasteiger partial charge is 0.387 e. The van der Waals surface area contributed by atoms with E-state index in [1.54, 1.807) is 0 Å². The van der Waals surface area contributed by atoms with Crippen LogP contribution in [0.1, 0.15) is 35.6 Å². The Kier molecular flexibility index (Phi) is 4.03. The maximum Gasteiger partial charge on any atom is 0.0913 e. The van der Waals surface area contributed by atoms with Gasteiger partial charge in [-0.1, -0.05) is 54.1 Å². The molecule has 2 aromatic rings. The number of aliphatic hydroxyl groups is 1. The molecule has 0 fully saturated rings. The van der Waals surface area contributed by atoms with E-state index >= 15 is 0 Å². The Labute approximate surface area is 130 Å². The van der Waals surface area contributed by atoms with Gasteiger partial charge in [-0.3, -0.25) is 0 Å². The van der Waals surface area contributed by atoms with Gasteiger partial charge < -0.3 is 10.8 Å². The number of fused-ring (bicyclic) bond motifs is 1. The summed E-state index contributed by atoms with van der Waals surface area (Å²) in [6.45, 7) is 0.413. The zero-order chi connectivity index (χ0) is 14.9. The molecule has 2 nitrogen and oxygen atoms in total. The number of hydrogen-bond donors (Lipinski definition) is 2. The van der Waals surface area contributed by atoms with Crippen LogP contribution >= 0.6 is 11.6 Å². The van der Waals surface area contributed by atoms with Crippen LogP contribution in [0.5, 0.6) is 0 Å². The maximum absolute atomic E-state index is 11.1. The zero-order valence-corrected chi connectivity index (χ0v) is 12.7. The standard InChI is InChI=1S/C18H20ClNO/c19-16-10-4-2-8-14(16)17(21)18(12-20)11-5-7-13-6-1-3-9-15(13)18/h1-4,6,8-10,17,21H,5,7,11-12,20H2. The molecule has 3 rings (SSSR count). The molecule has 21 heavy (non-hydrogen) atoms. The van der Waals surface area contributed by atoms with Gasteiger partial charge in [0, 0.05) is 22.5 Å². The summed E-state index contributed by atoms with van der Waals surface area (Å²) in [5, 5.41) is 11.7. The highest BCUT2D eigenvalue weighted by Gasteiger charge is 2.42. The summed E-state index contributed by atoms with van der Waals surface area (Å²) in [5.41, 5.74) is 8.92. The van der Waals surface area contributed by atoms with Crippen molar-refractivity contribution in [3.8, 4) is 0 Å². The van der Waals surface area contributed by atoms with Crippen molar-refractivity contribution in [2.75, 3.05) is 6.54 Å². The fourth-order valence-electron chi connectivity index (χ4n) is 3.56. The molecular formula is C18H20ClNO. The molecule has 2 atom stereocenters. The smallest absolute Gasteiger partial charge is 0.0913 e. The summed E-state index contributed by atoms with van der Waals surface area (Å²) >= 11 is 6.28. The predicted molar refractivity (Wildman–Crippen MR) is 86.5 cm³/mol. The topological polar surface area (TPSA) is 46.2 Å². The summed E-state index contributed by atoms with van der Waals surface area (Å²) in [5.74, 6) is 0. The Balaban J connectivity index is 2.12. The Hall–Kier alpha value is -1.35. The molecule has 1 aliphatic rings. The molecule has 0 heterocycles. The SMILES string of the molecule is NCC1(C(O)c2ccccc2Cl)CCCc2ccccc21. The summed E-state index contributed by atoms with van der Waals surface area (Å²) in [6.07, 6.45) is 2.29. The highest BCUT2D eigenvalue weighted by molar-refractivity contribution is 6.31. The van der Waals surface area contributed by atoms with Gasteiger partial charge in [-0.25, -0.2) is 0 Å². The van der Waals surface area contributed by atoms with Crippen molar-refractivity contribution in [2.24, 2.45) is 5.73 Å². The number of halogens is 1. The molecule has 0 radical (unpaired) electrons. The molecule has 0 saturated heterocycles. The number of benzene rings is 2. The lowest BCUT2D eigenvalue weighted by Gasteiger charge is -2.42. The van der Waals surface area contributed by atoms with E-state index in [4.69, 9.17) is 17.3 Å². The molecule has 0 saturated carbocycles. The summed E-state index contributed by atoms with van der Waals surface area (Å²) < 4.78 is 0. The Bertz CT molecular complexity index is 643. The first-order chi connectivity index (χ1) is 10.2. The number of nitrogens with two attached hydrogens (primary N) is 1. The molecule has 0 spiro atoms. The molecule has 110 valence electrons. The van der Waals surface area contributed by atoms with Crippen molar-refractivity contribution < 1.29 is 5.11 Å². The third kappa shape index (κ3) is 2.38. The van der Waals surface area contributed by atoms with Gasteiger partial charge in [0.25, 0.3) is 0 Å². The minimum Gasteiger partial charge on any atom is -0.387 e. The van der Waals surface area contributed by atoms with Gasteiger partial charge in [0.15, 0.2) is 0 Å². The first-order valence-electron chi connectivity index (χ1n) is 7.40. The van der Waals surface area contributed by atoms with Crippen molar-refractivity contribution in [2.45, 2.75) is 30.8 Å².